The van der Waals surface area contributed by atoms with Crippen molar-refractivity contribution in [3.05, 3.63) is 42.0 Å². The molecule has 0 radical (unpaired) electrons. The van der Waals surface area contributed by atoms with Gasteiger partial charge in [-0.3, -0.25) is 0 Å². The number of methoxy groups -OCH3 is 1. The van der Waals surface area contributed by atoms with Gasteiger partial charge in [0.1, 0.15) is 5.75 Å². The Hall–Kier alpha value is -1.10. The Kier molecular flexibility index (Phi) is 8.58. The molecule has 0 fully saturated rings. The summed E-state index contributed by atoms with van der Waals surface area (Å²) in [5.41, 5.74) is 1.19. The molecule has 1 atom stereocenters. The minimum Gasteiger partial charge on any atom is -0.497 e. The van der Waals surface area contributed by atoms with Gasteiger partial charge in [0.25, 0.3) is 0 Å². The monoisotopic (exact) mass is 378 g/mol. The first-order valence-electron chi connectivity index (χ1n) is 9.55. The van der Waals surface area contributed by atoms with Crippen molar-refractivity contribution < 1.29 is 13.9 Å². The molecular weight excluding hydrogens is 340 g/mol. The van der Waals surface area contributed by atoms with Gasteiger partial charge in [-0.2, -0.15) is 0 Å². The molecule has 26 heavy (non-hydrogen) atoms. The number of ether oxygens (including phenoxy) is 2. The van der Waals surface area contributed by atoms with Crippen molar-refractivity contribution in [2.45, 2.75) is 65.8 Å². The first-order valence-corrected chi connectivity index (χ1v) is 12.5. The van der Waals surface area contributed by atoms with Crippen molar-refractivity contribution in [1.29, 1.82) is 0 Å². The predicted molar refractivity (Wildman–Crippen MR) is 113 cm³/mol. The van der Waals surface area contributed by atoms with E-state index >= 15 is 0 Å². The van der Waals surface area contributed by atoms with Gasteiger partial charge in [-0.05, 0) is 42.2 Å². The van der Waals surface area contributed by atoms with Gasteiger partial charge < -0.3 is 13.9 Å². The van der Waals surface area contributed by atoms with Gasteiger partial charge >= 0.3 is 0 Å². The molecule has 0 unspecified atom stereocenters. The smallest absolute Gasteiger partial charge is 0.192 e. The third-order valence-corrected chi connectivity index (χ3v) is 10.0. The highest BCUT2D eigenvalue weighted by atomic mass is 28.4. The Balaban J connectivity index is 2.48. The molecule has 0 saturated heterocycles. The average Bonchev–Trinajstić information content (AvgIpc) is 2.58. The Morgan fingerprint density at radius 1 is 1.04 bits per heavy atom. The van der Waals surface area contributed by atoms with Crippen LogP contribution in [0.4, 0.5) is 0 Å². The molecule has 1 aromatic rings. The summed E-state index contributed by atoms with van der Waals surface area (Å²) in [6.45, 7) is 17.8. The largest absolute Gasteiger partial charge is 0.497 e. The van der Waals surface area contributed by atoms with Crippen molar-refractivity contribution in [3.8, 4) is 5.75 Å². The van der Waals surface area contributed by atoms with E-state index in [-0.39, 0.29) is 10.5 Å². The lowest BCUT2D eigenvalue weighted by Crippen LogP contribution is -2.40. The van der Waals surface area contributed by atoms with E-state index in [9.17, 15) is 0 Å². The summed E-state index contributed by atoms with van der Waals surface area (Å²) >= 11 is 0. The van der Waals surface area contributed by atoms with Crippen LogP contribution in [-0.4, -0.2) is 28.6 Å². The van der Waals surface area contributed by atoms with Gasteiger partial charge in [0.15, 0.2) is 8.32 Å². The van der Waals surface area contributed by atoms with Gasteiger partial charge in [0, 0.05) is 5.41 Å². The molecule has 0 aliphatic carbocycles. The maximum absolute atomic E-state index is 6.23. The van der Waals surface area contributed by atoms with E-state index in [4.69, 9.17) is 13.9 Å². The molecule has 148 valence electrons. The average molecular weight is 379 g/mol. The molecule has 0 N–H and O–H groups in total. The van der Waals surface area contributed by atoms with Crippen LogP contribution in [0.1, 0.15) is 46.6 Å². The van der Waals surface area contributed by atoms with Gasteiger partial charge in [-0.15, -0.1) is 0 Å². The van der Waals surface area contributed by atoms with E-state index in [0.29, 0.717) is 19.8 Å². The van der Waals surface area contributed by atoms with Crippen molar-refractivity contribution in [1.82, 2.24) is 0 Å². The summed E-state index contributed by atoms with van der Waals surface area (Å²) < 4.78 is 17.4. The number of rotatable bonds is 10. The highest BCUT2D eigenvalue weighted by Gasteiger charge is 2.36. The second-order valence-electron chi connectivity index (χ2n) is 8.82. The summed E-state index contributed by atoms with van der Waals surface area (Å²) in [4.78, 5) is 0. The van der Waals surface area contributed by atoms with Crippen molar-refractivity contribution >= 4 is 8.32 Å². The van der Waals surface area contributed by atoms with E-state index in [2.05, 4.69) is 59.9 Å². The first kappa shape index (κ1) is 22.9. The molecule has 3 nitrogen and oxygen atoms in total. The quantitative estimate of drug-likeness (QED) is 0.358. The normalized spacial score (nSPS) is 15.2. The highest BCUT2D eigenvalue weighted by molar-refractivity contribution is 6.74. The van der Waals surface area contributed by atoms with E-state index in [1.165, 1.54) is 0 Å². The van der Waals surface area contributed by atoms with Gasteiger partial charge in [0.2, 0.25) is 0 Å². The molecule has 0 aliphatic heterocycles. The lowest BCUT2D eigenvalue weighted by Gasteiger charge is -2.35. The zero-order chi connectivity index (χ0) is 19.8. The van der Waals surface area contributed by atoms with Crippen LogP contribution in [0.15, 0.2) is 36.4 Å². The lowest BCUT2D eigenvalue weighted by atomic mass is 9.88. The molecule has 0 aromatic heterocycles. The van der Waals surface area contributed by atoms with Gasteiger partial charge in [0.05, 0.1) is 26.9 Å². The molecule has 4 heteroatoms. The van der Waals surface area contributed by atoms with Crippen LogP contribution in [0.5, 0.6) is 5.75 Å². The second kappa shape index (κ2) is 9.72. The standard InChI is InChI=1S/C22H38O3Si/c1-9-22(5,15-10-16-25-26(7,8)21(2,3)4)18-24-17-19-11-13-20(23-6)14-12-19/h10-15H,9,16-18H2,1-8H3/b15-10+/t22-/m0/s1. The minimum atomic E-state index is -1.68. The summed E-state index contributed by atoms with van der Waals surface area (Å²) in [6.07, 6.45) is 5.46. The fraction of sp³-hybridized carbons (Fsp3) is 0.636. The van der Waals surface area contributed by atoms with Crippen LogP contribution in [0, 0.1) is 5.41 Å². The van der Waals surface area contributed by atoms with Crippen LogP contribution in [0.2, 0.25) is 18.1 Å². The van der Waals surface area contributed by atoms with Crippen LogP contribution >= 0.6 is 0 Å². The molecule has 1 rings (SSSR count). The summed E-state index contributed by atoms with van der Waals surface area (Å²) in [6, 6.07) is 8.03. The third-order valence-electron chi connectivity index (χ3n) is 5.53. The molecule has 1 aromatic carbocycles. The fourth-order valence-electron chi connectivity index (χ4n) is 2.20. The number of hydrogen-bond acceptors (Lipinski definition) is 3. The molecular formula is C22H38O3Si. The summed E-state index contributed by atoms with van der Waals surface area (Å²) in [7, 11) is -0.00166. The maximum Gasteiger partial charge on any atom is 0.192 e. The molecule has 0 spiro atoms. The first-order chi connectivity index (χ1) is 12.0. The zero-order valence-electron chi connectivity index (χ0n) is 18.0. The fourth-order valence-corrected chi connectivity index (χ4v) is 3.14. The summed E-state index contributed by atoms with van der Waals surface area (Å²) in [5, 5.41) is 0.246. The zero-order valence-corrected chi connectivity index (χ0v) is 19.0. The van der Waals surface area contributed by atoms with Crippen molar-refractivity contribution in [3.63, 3.8) is 0 Å². The molecule has 0 heterocycles. The van der Waals surface area contributed by atoms with Crippen LogP contribution in [0.3, 0.4) is 0 Å². The van der Waals surface area contributed by atoms with E-state index in [1.54, 1.807) is 7.11 Å². The third kappa shape index (κ3) is 7.26. The van der Waals surface area contributed by atoms with Crippen LogP contribution in [0.25, 0.3) is 0 Å². The Bertz CT molecular complexity index is 558. The van der Waals surface area contributed by atoms with Gasteiger partial charge in [-0.1, -0.05) is 58.9 Å². The van der Waals surface area contributed by atoms with E-state index in [0.717, 1.165) is 17.7 Å². The van der Waals surface area contributed by atoms with Crippen molar-refractivity contribution in [2.75, 3.05) is 20.3 Å². The number of benzene rings is 1. The summed E-state index contributed by atoms with van der Waals surface area (Å²) in [5.74, 6) is 0.872. The Morgan fingerprint density at radius 2 is 1.65 bits per heavy atom. The highest BCUT2D eigenvalue weighted by Crippen LogP contribution is 2.36. The Morgan fingerprint density at radius 3 is 2.15 bits per heavy atom. The molecule has 0 aliphatic rings. The van der Waals surface area contributed by atoms with Crippen LogP contribution < -0.4 is 4.74 Å². The van der Waals surface area contributed by atoms with Gasteiger partial charge in [-0.25, -0.2) is 0 Å². The topological polar surface area (TPSA) is 27.7 Å². The molecule has 0 saturated carbocycles. The number of hydrogen-bond donors (Lipinski definition) is 0. The van der Waals surface area contributed by atoms with E-state index in [1.807, 2.05) is 24.3 Å². The SMILES string of the molecule is CC[C@@](C)(/C=C/CO[Si](C)(C)C(C)(C)C)COCc1ccc(OC)cc1. The molecule has 0 amide bonds. The van der Waals surface area contributed by atoms with Crippen LogP contribution in [-0.2, 0) is 15.8 Å². The Labute approximate surface area is 161 Å². The maximum atomic E-state index is 6.23. The molecule has 0 bridgehead atoms. The van der Waals surface area contributed by atoms with E-state index < -0.39 is 8.32 Å². The second-order valence-corrected chi connectivity index (χ2v) is 13.6. The van der Waals surface area contributed by atoms with Crippen molar-refractivity contribution in [2.24, 2.45) is 5.41 Å². The predicted octanol–water partition coefficient (Wildman–Crippen LogP) is 6.21. The minimum absolute atomic E-state index is 0.0310. The lowest BCUT2D eigenvalue weighted by molar-refractivity contribution is 0.0624.